The summed E-state index contributed by atoms with van der Waals surface area (Å²) in [7, 11) is 0. The second-order valence-corrected chi connectivity index (χ2v) is 6.61. The van der Waals surface area contributed by atoms with Crippen LogP contribution in [0.5, 0.6) is 5.75 Å². The lowest BCUT2D eigenvalue weighted by Gasteiger charge is -2.11. The summed E-state index contributed by atoms with van der Waals surface area (Å²) in [5.41, 5.74) is 2.23. The molecule has 6 nitrogen and oxygen atoms in total. The van der Waals surface area contributed by atoms with Crippen molar-refractivity contribution in [1.82, 2.24) is 0 Å². The van der Waals surface area contributed by atoms with E-state index < -0.39 is 0 Å². The zero-order chi connectivity index (χ0) is 19.6. The van der Waals surface area contributed by atoms with Crippen molar-refractivity contribution >= 4 is 28.9 Å². The van der Waals surface area contributed by atoms with Crippen molar-refractivity contribution in [2.75, 3.05) is 29.1 Å². The van der Waals surface area contributed by atoms with E-state index in [9.17, 15) is 9.59 Å². The number of hydrogen-bond acceptors (Lipinski definition) is 4. The number of hydrogen-bond donors (Lipinski definition) is 3. The molecule has 0 aliphatic rings. The zero-order valence-electron chi connectivity index (χ0n) is 16.0. The summed E-state index contributed by atoms with van der Waals surface area (Å²) in [4.78, 5) is 23.5. The third kappa shape index (κ3) is 7.40. The Hall–Kier alpha value is -3.02. The second kappa shape index (κ2) is 10.2. The van der Waals surface area contributed by atoms with Gasteiger partial charge in [0.2, 0.25) is 11.8 Å². The molecule has 0 saturated heterocycles. The van der Waals surface area contributed by atoms with Gasteiger partial charge in [-0.15, -0.1) is 0 Å². The number of nitrogens with one attached hydrogen (secondary N) is 3. The summed E-state index contributed by atoms with van der Waals surface area (Å²) >= 11 is 0. The van der Waals surface area contributed by atoms with Crippen molar-refractivity contribution in [3.63, 3.8) is 0 Å². The molecule has 0 unspecified atom stereocenters. The Labute approximate surface area is 160 Å². The van der Waals surface area contributed by atoms with Gasteiger partial charge in [0, 0.05) is 29.5 Å². The Bertz CT molecular complexity index is 758. The Kier molecular flexibility index (Phi) is 7.67. The highest BCUT2D eigenvalue weighted by molar-refractivity contribution is 5.94. The lowest BCUT2D eigenvalue weighted by molar-refractivity contribution is -0.116. The molecule has 0 bridgehead atoms. The standard InChI is InChI=1S/C21H27N3O3/c1-4-20(25)23-17-10-8-16(9-11-17)22-13-21(26)24-18-6-5-7-19(12-18)27-14-15(2)3/h5-12,15,22H,4,13-14H2,1-3H3,(H,23,25)(H,24,26). The highest BCUT2D eigenvalue weighted by Crippen LogP contribution is 2.18. The number of ether oxygens (including phenoxy) is 1. The van der Waals surface area contributed by atoms with E-state index in [-0.39, 0.29) is 18.4 Å². The van der Waals surface area contributed by atoms with E-state index in [2.05, 4.69) is 29.8 Å². The van der Waals surface area contributed by atoms with Gasteiger partial charge >= 0.3 is 0 Å². The van der Waals surface area contributed by atoms with E-state index in [1.165, 1.54) is 0 Å². The van der Waals surface area contributed by atoms with Crippen molar-refractivity contribution in [3.05, 3.63) is 48.5 Å². The Morgan fingerprint density at radius 3 is 2.26 bits per heavy atom. The molecule has 3 N–H and O–H groups in total. The maximum atomic E-state index is 12.1. The molecule has 0 atom stereocenters. The van der Waals surface area contributed by atoms with Crippen molar-refractivity contribution in [2.45, 2.75) is 27.2 Å². The largest absolute Gasteiger partial charge is 0.493 e. The molecular formula is C21H27N3O3. The predicted octanol–water partition coefficient (Wildman–Crippen LogP) is 4.12. The molecule has 2 amide bonds. The summed E-state index contributed by atoms with van der Waals surface area (Å²) in [6.45, 7) is 6.74. The number of amides is 2. The molecule has 2 aromatic rings. The highest BCUT2D eigenvalue weighted by Gasteiger charge is 2.05. The van der Waals surface area contributed by atoms with Crippen molar-refractivity contribution in [3.8, 4) is 5.75 Å². The van der Waals surface area contributed by atoms with E-state index in [4.69, 9.17) is 4.74 Å². The van der Waals surface area contributed by atoms with Gasteiger partial charge < -0.3 is 20.7 Å². The smallest absolute Gasteiger partial charge is 0.243 e. The summed E-state index contributed by atoms with van der Waals surface area (Å²) in [5.74, 6) is 0.988. The minimum atomic E-state index is -0.153. The van der Waals surface area contributed by atoms with Crippen molar-refractivity contribution in [1.29, 1.82) is 0 Å². The molecule has 144 valence electrons. The van der Waals surface area contributed by atoms with Crippen LogP contribution in [0, 0.1) is 5.92 Å². The van der Waals surface area contributed by atoms with Crippen molar-refractivity contribution < 1.29 is 14.3 Å². The summed E-state index contributed by atoms with van der Waals surface area (Å²) < 4.78 is 5.67. The van der Waals surface area contributed by atoms with Crippen LogP contribution >= 0.6 is 0 Å². The maximum Gasteiger partial charge on any atom is 0.243 e. The van der Waals surface area contributed by atoms with Gasteiger partial charge in [-0.1, -0.05) is 26.8 Å². The van der Waals surface area contributed by atoms with Gasteiger partial charge in [-0.25, -0.2) is 0 Å². The first-order chi connectivity index (χ1) is 13.0. The third-order valence-corrected chi connectivity index (χ3v) is 3.64. The lowest BCUT2D eigenvalue weighted by Crippen LogP contribution is -2.21. The first-order valence-electron chi connectivity index (χ1n) is 9.12. The van der Waals surface area contributed by atoms with Crippen LogP contribution in [0.25, 0.3) is 0 Å². The van der Waals surface area contributed by atoms with Gasteiger partial charge in [0.15, 0.2) is 0 Å². The topological polar surface area (TPSA) is 79.5 Å². The number of carbonyl (C=O) groups excluding carboxylic acids is 2. The Morgan fingerprint density at radius 2 is 1.59 bits per heavy atom. The fourth-order valence-electron chi connectivity index (χ4n) is 2.23. The van der Waals surface area contributed by atoms with E-state index in [1.807, 2.05) is 36.4 Å². The minimum absolute atomic E-state index is 0.0327. The number of rotatable bonds is 9. The minimum Gasteiger partial charge on any atom is -0.493 e. The van der Waals surface area contributed by atoms with Crippen LogP contribution in [-0.4, -0.2) is 25.0 Å². The summed E-state index contributed by atoms with van der Waals surface area (Å²) in [6, 6.07) is 14.6. The van der Waals surface area contributed by atoms with E-state index in [0.717, 1.165) is 17.1 Å². The monoisotopic (exact) mass is 369 g/mol. The SMILES string of the molecule is CCC(=O)Nc1ccc(NCC(=O)Nc2cccc(OCC(C)C)c2)cc1. The molecule has 0 fully saturated rings. The molecule has 0 heterocycles. The van der Waals surface area contributed by atoms with Crippen molar-refractivity contribution in [2.24, 2.45) is 5.92 Å². The van der Waals surface area contributed by atoms with Crippen LogP contribution in [-0.2, 0) is 9.59 Å². The average molecular weight is 369 g/mol. The molecule has 2 aromatic carbocycles. The zero-order valence-corrected chi connectivity index (χ0v) is 16.0. The van der Waals surface area contributed by atoms with E-state index >= 15 is 0 Å². The van der Waals surface area contributed by atoms with Crippen LogP contribution in [0.4, 0.5) is 17.1 Å². The fraction of sp³-hybridized carbons (Fsp3) is 0.333. The van der Waals surface area contributed by atoms with Gasteiger partial charge in [0.05, 0.1) is 13.2 Å². The fourth-order valence-corrected chi connectivity index (χ4v) is 2.23. The van der Waals surface area contributed by atoms with E-state index in [1.54, 1.807) is 19.1 Å². The number of anilines is 3. The molecule has 0 saturated carbocycles. The summed E-state index contributed by atoms with van der Waals surface area (Å²) in [6.07, 6.45) is 0.434. The van der Waals surface area contributed by atoms with Crippen LogP contribution < -0.4 is 20.7 Å². The van der Waals surface area contributed by atoms with Crippen LogP contribution in [0.15, 0.2) is 48.5 Å². The number of carbonyl (C=O) groups is 2. The Balaban J connectivity index is 1.82. The molecule has 0 aliphatic heterocycles. The van der Waals surface area contributed by atoms with Crippen LogP contribution in [0.3, 0.4) is 0 Å². The molecule has 0 aliphatic carbocycles. The predicted molar refractivity (Wildman–Crippen MR) is 109 cm³/mol. The van der Waals surface area contributed by atoms with Gasteiger partial charge in [0.1, 0.15) is 5.75 Å². The van der Waals surface area contributed by atoms with Gasteiger partial charge in [-0.3, -0.25) is 9.59 Å². The van der Waals surface area contributed by atoms with Gasteiger partial charge in [-0.2, -0.15) is 0 Å². The first kappa shape index (κ1) is 20.3. The quantitative estimate of drug-likeness (QED) is 0.621. The average Bonchev–Trinajstić information content (AvgIpc) is 2.66. The molecule has 6 heteroatoms. The molecule has 27 heavy (non-hydrogen) atoms. The van der Waals surface area contributed by atoms with Crippen LogP contribution in [0.2, 0.25) is 0 Å². The normalized spacial score (nSPS) is 10.4. The molecule has 2 rings (SSSR count). The first-order valence-corrected chi connectivity index (χ1v) is 9.12. The number of benzene rings is 2. The van der Waals surface area contributed by atoms with E-state index in [0.29, 0.717) is 24.6 Å². The second-order valence-electron chi connectivity index (χ2n) is 6.61. The molecule has 0 spiro atoms. The van der Waals surface area contributed by atoms with Gasteiger partial charge in [0.25, 0.3) is 0 Å². The summed E-state index contributed by atoms with van der Waals surface area (Å²) in [5, 5.41) is 8.69. The third-order valence-electron chi connectivity index (χ3n) is 3.64. The van der Waals surface area contributed by atoms with Crippen LogP contribution in [0.1, 0.15) is 27.2 Å². The molecular weight excluding hydrogens is 342 g/mol. The molecule has 0 aromatic heterocycles. The molecule has 0 radical (unpaired) electrons. The maximum absolute atomic E-state index is 12.1. The highest BCUT2D eigenvalue weighted by atomic mass is 16.5. The lowest BCUT2D eigenvalue weighted by atomic mass is 10.2. The van der Waals surface area contributed by atoms with Gasteiger partial charge in [-0.05, 0) is 42.3 Å². The Morgan fingerprint density at radius 1 is 0.926 bits per heavy atom.